The zero-order valence-electron chi connectivity index (χ0n) is 5.55. The van der Waals surface area contributed by atoms with E-state index in [0.29, 0.717) is 0 Å². The second-order valence-corrected chi connectivity index (χ2v) is 2.01. The third-order valence-corrected chi connectivity index (χ3v) is 1.20. The highest BCUT2D eigenvalue weighted by atomic mass is 16.6. The first-order valence-corrected chi connectivity index (χ1v) is 3.20. The first-order valence-electron chi connectivity index (χ1n) is 3.20. The van der Waals surface area contributed by atoms with E-state index in [-0.39, 0.29) is 0 Å². The smallest absolute Gasteiger partial charge is 0.119 e. The van der Waals surface area contributed by atoms with Crippen LogP contribution in [0.15, 0.2) is 24.1 Å². The number of hydrogen-bond acceptors (Lipinski definition) is 2. The minimum atomic E-state index is 1.12. The van der Waals surface area contributed by atoms with Gasteiger partial charge in [0.25, 0.3) is 0 Å². The summed E-state index contributed by atoms with van der Waals surface area (Å²) < 4.78 is 0. The topological polar surface area (TPSA) is 21.3 Å². The van der Waals surface area contributed by atoms with Crippen molar-refractivity contribution in [1.29, 1.82) is 0 Å². The molecule has 1 rings (SSSR count). The first-order chi connectivity index (χ1) is 4.43. The van der Waals surface area contributed by atoms with Gasteiger partial charge >= 0.3 is 0 Å². The Balaban J connectivity index is 2.38. The number of nitrogens with one attached hydrogen (secondary N) is 1. The van der Waals surface area contributed by atoms with Crippen molar-refractivity contribution in [3.63, 3.8) is 0 Å². The molecule has 0 aromatic heterocycles. The highest BCUT2D eigenvalue weighted by Gasteiger charge is 1.93. The zero-order valence-corrected chi connectivity index (χ0v) is 5.55. The van der Waals surface area contributed by atoms with Crippen LogP contribution in [-0.4, -0.2) is 0 Å². The van der Waals surface area contributed by atoms with E-state index in [1.54, 1.807) is 6.26 Å². The van der Waals surface area contributed by atoms with Crippen LogP contribution in [0.3, 0.4) is 0 Å². The van der Waals surface area contributed by atoms with Gasteiger partial charge in [0.15, 0.2) is 0 Å². The van der Waals surface area contributed by atoms with Crippen LogP contribution in [0.4, 0.5) is 0 Å². The maximum absolute atomic E-state index is 4.74. The second-order valence-electron chi connectivity index (χ2n) is 2.01. The van der Waals surface area contributed by atoms with Gasteiger partial charge in [0.2, 0.25) is 0 Å². The van der Waals surface area contributed by atoms with E-state index < -0.39 is 0 Å². The molecule has 0 amide bonds. The van der Waals surface area contributed by atoms with Crippen LogP contribution in [-0.2, 0) is 4.84 Å². The van der Waals surface area contributed by atoms with Crippen LogP contribution in [0, 0.1) is 0 Å². The molecule has 0 spiro atoms. The van der Waals surface area contributed by atoms with Crippen molar-refractivity contribution in [2.45, 2.75) is 19.8 Å². The lowest BCUT2D eigenvalue weighted by Gasteiger charge is -2.06. The quantitative estimate of drug-likeness (QED) is 0.606. The van der Waals surface area contributed by atoms with E-state index in [0.717, 1.165) is 6.42 Å². The normalized spacial score (nSPS) is 15.9. The molecule has 1 heterocycles. The summed E-state index contributed by atoms with van der Waals surface area (Å²) in [5, 5.41) is 0. The molecule has 0 atom stereocenters. The van der Waals surface area contributed by atoms with Gasteiger partial charge in [-0.05, 0) is 18.1 Å². The summed E-state index contributed by atoms with van der Waals surface area (Å²) >= 11 is 0. The minimum absolute atomic E-state index is 1.12. The maximum atomic E-state index is 4.74. The standard InChI is InChI=1S/C7H11NO/c1-2-3-7-4-5-9-8-6-7/h4-6,8H,2-3H2,1H3. The van der Waals surface area contributed by atoms with Gasteiger partial charge in [-0.15, -0.1) is 0 Å². The van der Waals surface area contributed by atoms with Crippen molar-refractivity contribution in [2.24, 2.45) is 0 Å². The van der Waals surface area contributed by atoms with E-state index in [9.17, 15) is 0 Å². The fourth-order valence-corrected chi connectivity index (χ4v) is 0.763. The Morgan fingerprint density at radius 1 is 1.67 bits per heavy atom. The molecule has 0 radical (unpaired) electrons. The lowest BCUT2D eigenvalue weighted by atomic mass is 10.1. The average molecular weight is 125 g/mol. The number of hydrogen-bond donors (Lipinski definition) is 1. The lowest BCUT2D eigenvalue weighted by Crippen LogP contribution is -2.05. The monoisotopic (exact) mass is 125 g/mol. The highest BCUT2D eigenvalue weighted by molar-refractivity contribution is 5.17. The summed E-state index contributed by atoms with van der Waals surface area (Å²) in [5.74, 6) is 0. The van der Waals surface area contributed by atoms with Gasteiger partial charge in [-0.25, -0.2) is 5.48 Å². The molecule has 9 heavy (non-hydrogen) atoms. The summed E-state index contributed by atoms with van der Waals surface area (Å²) in [6.07, 6.45) is 7.80. The Morgan fingerprint density at radius 2 is 2.56 bits per heavy atom. The highest BCUT2D eigenvalue weighted by Crippen LogP contribution is 2.07. The molecular weight excluding hydrogens is 114 g/mol. The Hall–Kier alpha value is -0.920. The molecule has 0 unspecified atom stereocenters. The van der Waals surface area contributed by atoms with Gasteiger partial charge in [-0.2, -0.15) is 0 Å². The maximum Gasteiger partial charge on any atom is 0.119 e. The van der Waals surface area contributed by atoms with Crippen molar-refractivity contribution in [3.8, 4) is 0 Å². The summed E-state index contributed by atoms with van der Waals surface area (Å²) in [4.78, 5) is 4.74. The van der Waals surface area contributed by atoms with E-state index >= 15 is 0 Å². The Kier molecular flexibility index (Phi) is 2.19. The molecule has 0 saturated heterocycles. The van der Waals surface area contributed by atoms with Crippen LogP contribution in [0.1, 0.15) is 19.8 Å². The summed E-state index contributed by atoms with van der Waals surface area (Å²) in [5.41, 5.74) is 3.97. The minimum Gasteiger partial charge on any atom is -0.391 e. The van der Waals surface area contributed by atoms with Crippen molar-refractivity contribution >= 4 is 0 Å². The largest absolute Gasteiger partial charge is 0.391 e. The SMILES string of the molecule is CCCC1=CNOC=C1. The molecule has 0 aromatic carbocycles. The number of rotatable bonds is 2. The molecule has 2 nitrogen and oxygen atoms in total. The number of hydroxylamine groups is 1. The van der Waals surface area contributed by atoms with Crippen LogP contribution < -0.4 is 5.48 Å². The third-order valence-electron chi connectivity index (χ3n) is 1.20. The fourth-order valence-electron chi connectivity index (χ4n) is 0.763. The predicted octanol–water partition coefficient (Wildman–Crippen LogP) is 1.72. The third kappa shape index (κ3) is 1.80. The Morgan fingerprint density at radius 3 is 3.11 bits per heavy atom. The summed E-state index contributed by atoms with van der Waals surface area (Å²) in [6, 6.07) is 0. The van der Waals surface area contributed by atoms with E-state index in [1.165, 1.54) is 12.0 Å². The first kappa shape index (κ1) is 6.20. The van der Waals surface area contributed by atoms with Crippen molar-refractivity contribution in [2.75, 3.05) is 0 Å². The van der Waals surface area contributed by atoms with Crippen molar-refractivity contribution < 1.29 is 4.84 Å². The van der Waals surface area contributed by atoms with Crippen molar-refractivity contribution in [3.05, 3.63) is 24.1 Å². The van der Waals surface area contributed by atoms with Gasteiger partial charge in [0.05, 0.1) is 0 Å². The Labute approximate surface area is 55.2 Å². The molecule has 2 heteroatoms. The molecule has 0 fully saturated rings. The lowest BCUT2D eigenvalue weighted by molar-refractivity contribution is 0.170. The molecule has 0 aromatic rings. The van der Waals surface area contributed by atoms with E-state index in [2.05, 4.69) is 12.4 Å². The van der Waals surface area contributed by atoms with Crippen molar-refractivity contribution in [1.82, 2.24) is 5.48 Å². The van der Waals surface area contributed by atoms with Crippen LogP contribution >= 0.6 is 0 Å². The molecule has 0 saturated carbocycles. The van der Waals surface area contributed by atoms with Gasteiger partial charge < -0.3 is 4.84 Å². The molecule has 50 valence electrons. The van der Waals surface area contributed by atoms with Crippen LogP contribution in [0.2, 0.25) is 0 Å². The summed E-state index contributed by atoms with van der Waals surface area (Å²) in [6.45, 7) is 2.16. The molecule has 0 bridgehead atoms. The predicted molar refractivity (Wildman–Crippen MR) is 36.4 cm³/mol. The Bertz CT molecular complexity index is 138. The molecular formula is C7H11NO. The van der Waals surface area contributed by atoms with Crippen LogP contribution in [0.25, 0.3) is 0 Å². The fraction of sp³-hybridized carbons (Fsp3) is 0.429. The van der Waals surface area contributed by atoms with Gasteiger partial charge in [-0.3, -0.25) is 0 Å². The molecule has 1 N–H and O–H groups in total. The second kappa shape index (κ2) is 3.17. The van der Waals surface area contributed by atoms with Gasteiger partial charge in [0, 0.05) is 6.20 Å². The molecule has 1 aliphatic rings. The van der Waals surface area contributed by atoms with E-state index in [1.807, 2.05) is 12.3 Å². The van der Waals surface area contributed by atoms with Crippen LogP contribution in [0.5, 0.6) is 0 Å². The summed E-state index contributed by atoms with van der Waals surface area (Å²) in [7, 11) is 0. The number of allylic oxidation sites excluding steroid dienone is 2. The molecule has 0 aliphatic carbocycles. The van der Waals surface area contributed by atoms with E-state index in [4.69, 9.17) is 4.84 Å². The average Bonchev–Trinajstić information content (AvgIpc) is 1.91. The molecule has 1 aliphatic heterocycles. The van der Waals surface area contributed by atoms with Gasteiger partial charge in [0.1, 0.15) is 6.26 Å². The van der Waals surface area contributed by atoms with Gasteiger partial charge in [-0.1, -0.05) is 13.3 Å². The zero-order chi connectivity index (χ0) is 6.53.